The summed E-state index contributed by atoms with van der Waals surface area (Å²) >= 11 is 0.0926. The van der Waals surface area contributed by atoms with E-state index >= 15 is 0 Å². The lowest BCUT2D eigenvalue weighted by molar-refractivity contribution is -0.0329. The standard InChI is InChI=1S/C11H19F3N2S/c12-11(13,14)17-7-6-16-5-1-2-10(8-16)15-9-3-4-9/h9-10,15H,1-8H2. The van der Waals surface area contributed by atoms with E-state index in [1.807, 2.05) is 0 Å². The molecule has 1 heterocycles. The molecule has 2 rings (SSSR count). The minimum atomic E-state index is -4.08. The van der Waals surface area contributed by atoms with Gasteiger partial charge in [0.1, 0.15) is 0 Å². The van der Waals surface area contributed by atoms with Gasteiger partial charge in [0.05, 0.1) is 0 Å². The van der Waals surface area contributed by atoms with Crippen molar-refractivity contribution in [1.29, 1.82) is 0 Å². The molecule has 1 aliphatic heterocycles. The zero-order valence-electron chi connectivity index (χ0n) is 9.80. The number of nitrogens with zero attached hydrogens (tertiary/aromatic N) is 1. The van der Waals surface area contributed by atoms with Crippen LogP contribution in [0, 0.1) is 0 Å². The predicted molar refractivity (Wildman–Crippen MR) is 64.1 cm³/mol. The van der Waals surface area contributed by atoms with Gasteiger partial charge in [-0.1, -0.05) is 0 Å². The molecule has 1 saturated heterocycles. The third-order valence-corrected chi connectivity index (χ3v) is 3.94. The maximum absolute atomic E-state index is 12.0. The number of piperidine rings is 1. The summed E-state index contributed by atoms with van der Waals surface area (Å²) < 4.78 is 36.0. The van der Waals surface area contributed by atoms with Crippen molar-refractivity contribution in [2.24, 2.45) is 0 Å². The molecule has 0 aromatic rings. The molecule has 1 saturated carbocycles. The van der Waals surface area contributed by atoms with Gasteiger partial charge < -0.3 is 10.2 Å². The zero-order chi connectivity index (χ0) is 12.3. The fourth-order valence-corrected chi connectivity index (χ4v) is 2.85. The van der Waals surface area contributed by atoms with Gasteiger partial charge in [0.2, 0.25) is 0 Å². The van der Waals surface area contributed by atoms with Gasteiger partial charge in [-0.25, -0.2) is 0 Å². The molecule has 0 radical (unpaired) electrons. The number of hydrogen-bond donors (Lipinski definition) is 1. The van der Waals surface area contributed by atoms with Gasteiger partial charge in [-0.3, -0.25) is 0 Å². The Hall–Kier alpha value is 0.0600. The van der Waals surface area contributed by atoms with Crippen LogP contribution in [0.3, 0.4) is 0 Å². The largest absolute Gasteiger partial charge is 0.441 e. The van der Waals surface area contributed by atoms with Crippen LogP contribution >= 0.6 is 11.8 Å². The minimum absolute atomic E-state index is 0.0926. The topological polar surface area (TPSA) is 15.3 Å². The average molecular weight is 268 g/mol. The van der Waals surface area contributed by atoms with Gasteiger partial charge in [0.25, 0.3) is 0 Å². The van der Waals surface area contributed by atoms with E-state index in [0.29, 0.717) is 18.6 Å². The molecule has 0 spiro atoms. The molecule has 1 atom stereocenters. The van der Waals surface area contributed by atoms with E-state index in [1.54, 1.807) is 0 Å². The first-order chi connectivity index (χ1) is 8.03. The van der Waals surface area contributed by atoms with E-state index in [9.17, 15) is 13.2 Å². The molecule has 0 bridgehead atoms. The van der Waals surface area contributed by atoms with Crippen LogP contribution in [0.25, 0.3) is 0 Å². The van der Waals surface area contributed by atoms with Crippen LogP contribution in [0.15, 0.2) is 0 Å². The number of rotatable bonds is 5. The molecule has 100 valence electrons. The van der Waals surface area contributed by atoms with Crippen molar-refractivity contribution in [3.8, 4) is 0 Å². The number of alkyl halides is 3. The van der Waals surface area contributed by atoms with Crippen molar-refractivity contribution in [1.82, 2.24) is 10.2 Å². The van der Waals surface area contributed by atoms with Crippen LogP contribution in [-0.4, -0.2) is 47.9 Å². The highest BCUT2D eigenvalue weighted by Gasteiger charge is 2.30. The van der Waals surface area contributed by atoms with Gasteiger partial charge in [-0.05, 0) is 44.0 Å². The second-order valence-electron chi connectivity index (χ2n) is 4.87. The first-order valence-corrected chi connectivity index (χ1v) is 7.20. The van der Waals surface area contributed by atoms with Gasteiger partial charge in [-0.2, -0.15) is 13.2 Å². The molecule has 1 unspecified atom stereocenters. The Morgan fingerprint density at radius 1 is 1.18 bits per heavy atom. The van der Waals surface area contributed by atoms with Gasteiger partial charge in [0, 0.05) is 30.9 Å². The van der Waals surface area contributed by atoms with Gasteiger partial charge >= 0.3 is 5.51 Å². The predicted octanol–water partition coefficient (Wildman–Crippen LogP) is 2.46. The molecule has 0 aromatic carbocycles. The van der Waals surface area contributed by atoms with E-state index in [-0.39, 0.29) is 17.5 Å². The molecule has 0 aromatic heterocycles. The molecule has 2 fully saturated rings. The van der Waals surface area contributed by atoms with Crippen LogP contribution < -0.4 is 5.32 Å². The number of hydrogen-bond acceptors (Lipinski definition) is 3. The first-order valence-electron chi connectivity index (χ1n) is 6.22. The van der Waals surface area contributed by atoms with Crippen molar-refractivity contribution >= 4 is 11.8 Å². The Morgan fingerprint density at radius 2 is 1.94 bits per heavy atom. The number of halogens is 3. The lowest BCUT2D eigenvalue weighted by atomic mass is 10.1. The smallest absolute Gasteiger partial charge is 0.310 e. The van der Waals surface area contributed by atoms with E-state index < -0.39 is 5.51 Å². The Kier molecular flexibility index (Phi) is 4.60. The highest BCUT2D eigenvalue weighted by molar-refractivity contribution is 8.00. The van der Waals surface area contributed by atoms with Crippen molar-refractivity contribution < 1.29 is 13.2 Å². The van der Waals surface area contributed by atoms with Crippen molar-refractivity contribution in [3.63, 3.8) is 0 Å². The second kappa shape index (κ2) is 5.80. The molecular weight excluding hydrogens is 249 g/mol. The summed E-state index contributed by atoms with van der Waals surface area (Å²) in [6.45, 7) is 2.41. The second-order valence-corrected chi connectivity index (χ2v) is 6.03. The van der Waals surface area contributed by atoms with E-state index in [2.05, 4.69) is 10.2 Å². The van der Waals surface area contributed by atoms with Crippen molar-refractivity contribution in [3.05, 3.63) is 0 Å². The van der Waals surface area contributed by atoms with Crippen LogP contribution in [-0.2, 0) is 0 Å². The zero-order valence-corrected chi connectivity index (χ0v) is 10.6. The SMILES string of the molecule is FC(F)(F)SCCN1CCCC(NC2CC2)C1. The lowest BCUT2D eigenvalue weighted by Crippen LogP contribution is -2.47. The monoisotopic (exact) mass is 268 g/mol. The molecule has 2 nitrogen and oxygen atoms in total. The number of thioether (sulfide) groups is 1. The molecule has 6 heteroatoms. The Labute approximate surface area is 104 Å². The molecule has 1 aliphatic carbocycles. The minimum Gasteiger partial charge on any atom is -0.310 e. The Bertz CT molecular complexity index is 243. The third kappa shape index (κ3) is 5.48. The van der Waals surface area contributed by atoms with Crippen LogP contribution in [0.1, 0.15) is 25.7 Å². The maximum Gasteiger partial charge on any atom is 0.441 e. The number of likely N-dealkylation sites (tertiary alicyclic amines) is 1. The maximum atomic E-state index is 12.0. The summed E-state index contributed by atoms with van der Waals surface area (Å²) in [5.41, 5.74) is -4.08. The lowest BCUT2D eigenvalue weighted by Gasteiger charge is -2.33. The highest BCUT2D eigenvalue weighted by Crippen LogP contribution is 2.30. The summed E-state index contributed by atoms with van der Waals surface area (Å²) in [6, 6.07) is 1.18. The molecule has 17 heavy (non-hydrogen) atoms. The summed E-state index contributed by atoms with van der Waals surface area (Å²) in [4.78, 5) is 2.16. The van der Waals surface area contributed by atoms with Crippen molar-refractivity contribution in [2.45, 2.75) is 43.3 Å². The molecule has 2 aliphatic rings. The first kappa shape index (κ1) is 13.5. The molecule has 0 amide bonds. The molecule has 1 N–H and O–H groups in total. The highest BCUT2D eigenvalue weighted by atomic mass is 32.2. The normalized spacial score (nSPS) is 27.4. The summed E-state index contributed by atoms with van der Waals surface area (Å²) in [5.74, 6) is 0.152. The average Bonchev–Trinajstić information content (AvgIpc) is 3.00. The number of nitrogens with one attached hydrogen (secondary N) is 1. The van der Waals surface area contributed by atoms with Crippen LogP contribution in [0.5, 0.6) is 0 Å². The summed E-state index contributed by atoms with van der Waals surface area (Å²) in [6.07, 6.45) is 4.79. The quantitative estimate of drug-likeness (QED) is 0.824. The van der Waals surface area contributed by atoms with Gasteiger partial charge in [-0.15, -0.1) is 0 Å². The summed E-state index contributed by atoms with van der Waals surface area (Å²) in [5, 5.41) is 3.56. The van der Waals surface area contributed by atoms with E-state index in [1.165, 1.54) is 19.3 Å². The Morgan fingerprint density at radius 3 is 2.59 bits per heavy atom. The van der Waals surface area contributed by atoms with Crippen LogP contribution in [0.4, 0.5) is 13.2 Å². The third-order valence-electron chi connectivity index (χ3n) is 3.23. The summed E-state index contributed by atoms with van der Waals surface area (Å²) in [7, 11) is 0. The van der Waals surface area contributed by atoms with E-state index in [0.717, 1.165) is 19.5 Å². The van der Waals surface area contributed by atoms with Crippen LogP contribution in [0.2, 0.25) is 0 Å². The van der Waals surface area contributed by atoms with E-state index in [4.69, 9.17) is 0 Å². The van der Waals surface area contributed by atoms with Gasteiger partial charge in [0.15, 0.2) is 0 Å². The van der Waals surface area contributed by atoms with Crippen molar-refractivity contribution in [2.75, 3.05) is 25.4 Å². The fourth-order valence-electron chi connectivity index (χ4n) is 2.27. The Balaban J connectivity index is 1.62. The molecular formula is C11H19F3N2S. The fraction of sp³-hybridized carbons (Fsp3) is 1.00.